The van der Waals surface area contributed by atoms with Crippen LogP contribution in [0.4, 0.5) is 0 Å². The van der Waals surface area contributed by atoms with Crippen molar-refractivity contribution < 1.29 is 9.59 Å². The lowest BCUT2D eigenvalue weighted by molar-refractivity contribution is -0.126. The summed E-state index contributed by atoms with van der Waals surface area (Å²) in [6.07, 6.45) is 4.58. The lowest BCUT2D eigenvalue weighted by Crippen LogP contribution is -2.31. The minimum absolute atomic E-state index is 0.0991. The predicted molar refractivity (Wildman–Crippen MR) is 103 cm³/mol. The Bertz CT molecular complexity index is 711. The maximum absolute atomic E-state index is 12.3. The van der Waals surface area contributed by atoms with Crippen molar-refractivity contribution in [1.82, 2.24) is 4.90 Å². The van der Waals surface area contributed by atoms with Crippen molar-refractivity contribution >= 4 is 11.7 Å². The smallest absolute Gasteiger partial charge is 0.246 e. The number of allylic oxidation sites excluding steroid dienone is 1. The number of carbonyl (C=O) groups is 2. The van der Waals surface area contributed by atoms with Crippen LogP contribution < -0.4 is 0 Å². The third kappa shape index (κ3) is 5.42. The summed E-state index contributed by atoms with van der Waals surface area (Å²) in [5.74, 6) is -0.251. The molecule has 0 saturated carbocycles. The molecule has 0 spiro atoms. The molecule has 0 heterocycles. The second-order valence-electron chi connectivity index (χ2n) is 5.97. The molecule has 2 aromatic rings. The minimum Gasteiger partial charge on any atom is -0.339 e. The second kappa shape index (κ2) is 9.58. The summed E-state index contributed by atoms with van der Waals surface area (Å²) in [6, 6.07) is 17.5. The van der Waals surface area contributed by atoms with E-state index < -0.39 is 0 Å². The highest BCUT2D eigenvalue weighted by atomic mass is 16.2. The molecule has 0 unspecified atom stereocenters. The van der Waals surface area contributed by atoms with Gasteiger partial charge in [-0.15, -0.1) is 0 Å². The number of rotatable bonds is 8. The van der Waals surface area contributed by atoms with Gasteiger partial charge in [-0.3, -0.25) is 9.59 Å². The molecule has 2 aromatic carbocycles. The molecule has 0 aliphatic rings. The fourth-order valence-corrected chi connectivity index (χ4v) is 2.68. The van der Waals surface area contributed by atoms with Crippen LogP contribution in [0.2, 0.25) is 0 Å². The van der Waals surface area contributed by atoms with Crippen molar-refractivity contribution in [2.45, 2.75) is 26.7 Å². The van der Waals surface area contributed by atoms with Gasteiger partial charge in [0.15, 0.2) is 5.78 Å². The average Bonchev–Trinajstić information content (AvgIpc) is 2.66. The van der Waals surface area contributed by atoms with Gasteiger partial charge in [0, 0.05) is 24.7 Å². The maximum atomic E-state index is 12.3. The van der Waals surface area contributed by atoms with Gasteiger partial charge in [-0.25, -0.2) is 0 Å². The number of amides is 1. The number of hydrogen-bond acceptors (Lipinski definition) is 2. The van der Waals surface area contributed by atoms with Crippen LogP contribution in [0.25, 0.3) is 11.1 Å². The minimum atomic E-state index is -0.152. The van der Waals surface area contributed by atoms with Gasteiger partial charge in [0.05, 0.1) is 0 Å². The molecule has 0 saturated heterocycles. The summed E-state index contributed by atoms with van der Waals surface area (Å²) in [5.41, 5.74) is 2.76. The molecule has 3 heteroatoms. The highest BCUT2D eigenvalue weighted by Gasteiger charge is 2.09. The number of hydrogen-bond donors (Lipinski definition) is 0. The first-order chi connectivity index (χ1) is 12.2. The topological polar surface area (TPSA) is 37.4 Å². The summed E-state index contributed by atoms with van der Waals surface area (Å²) in [4.78, 5) is 26.2. The molecule has 2 rings (SSSR count). The molecule has 0 radical (unpaired) electrons. The second-order valence-corrected chi connectivity index (χ2v) is 5.97. The maximum Gasteiger partial charge on any atom is 0.246 e. The molecule has 0 bridgehead atoms. The van der Waals surface area contributed by atoms with Crippen LogP contribution in [0.5, 0.6) is 0 Å². The van der Waals surface area contributed by atoms with Gasteiger partial charge < -0.3 is 4.90 Å². The van der Waals surface area contributed by atoms with Crippen LogP contribution in [0.15, 0.2) is 66.7 Å². The SMILES string of the molecule is CCCN(CCC)C(=O)/C=C/C(=O)c1ccc(-c2ccccc2)cc1. The molecule has 0 atom stereocenters. The molecule has 0 N–H and O–H groups in total. The highest BCUT2D eigenvalue weighted by molar-refractivity contribution is 6.07. The molecule has 1 amide bonds. The Hall–Kier alpha value is -2.68. The number of ketones is 1. The Balaban J connectivity index is 2.04. The summed E-state index contributed by atoms with van der Waals surface area (Å²) in [7, 11) is 0. The molecule has 3 nitrogen and oxygen atoms in total. The highest BCUT2D eigenvalue weighted by Crippen LogP contribution is 2.19. The Morgan fingerprint density at radius 3 is 1.92 bits per heavy atom. The lowest BCUT2D eigenvalue weighted by Gasteiger charge is -2.19. The van der Waals surface area contributed by atoms with Crippen molar-refractivity contribution in [1.29, 1.82) is 0 Å². The van der Waals surface area contributed by atoms with Crippen molar-refractivity contribution in [3.05, 3.63) is 72.3 Å². The first kappa shape index (κ1) is 18.7. The van der Waals surface area contributed by atoms with E-state index in [0.717, 1.165) is 37.1 Å². The molecular formula is C22H25NO2. The Morgan fingerprint density at radius 1 is 0.800 bits per heavy atom. The zero-order valence-electron chi connectivity index (χ0n) is 14.9. The van der Waals surface area contributed by atoms with Gasteiger partial charge in [-0.2, -0.15) is 0 Å². The van der Waals surface area contributed by atoms with E-state index in [2.05, 4.69) is 0 Å². The van der Waals surface area contributed by atoms with Crippen molar-refractivity contribution in [2.24, 2.45) is 0 Å². The van der Waals surface area contributed by atoms with E-state index in [1.165, 1.54) is 12.2 Å². The third-order valence-corrected chi connectivity index (χ3v) is 3.95. The van der Waals surface area contributed by atoms with Gasteiger partial charge >= 0.3 is 0 Å². The largest absolute Gasteiger partial charge is 0.339 e. The molecule has 25 heavy (non-hydrogen) atoms. The Labute approximate surface area is 150 Å². The Morgan fingerprint density at radius 2 is 1.36 bits per heavy atom. The fourth-order valence-electron chi connectivity index (χ4n) is 2.68. The quantitative estimate of drug-likeness (QED) is 0.516. The molecule has 0 aliphatic heterocycles. The van der Waals surface area contributed by atoms with E-state index in [0.29, 0.717) is 5.56 Å². The van der Waals surface area contributed by atoms with E-state index in [1.54, 1.807) is 17.0 Å². The van der Waals surface area contributed by atoms with Crippen LogP contribution in [0, 0.1) is 0 Å². The zero-order valence-corrected chi connectivity index (χ0v) is 14.9. The van der Waals surface area contributed by atoms with E-state index in [4.69, 9.17) is 0 Å². The molecule has 130 valence electrons. The van der Waals surface area contributed by atoms with E-state index in [9.17, 15) is 9.59 Å². The van der Waals surface area contributed by atoms with E-state index in [-0.39, 0.29) is 11.7 Å². The first-order valence-corrected chi connectivity index (χ1v) is 8.82. The van der Waals surface area contributed by atoms with Crippen molar-refractivity contribution in [3.63, 3.8) is 0 Å². The molecule has 0 aromatic heterocycles. The third-order valence-electron chi connectivity index (χ3n) is 3.95. The van der Waals surface area contributed by atoms with Crippen LogP contribution in [-0.2, 0) is 4.79 Å². The van der Waals surface area contributed by atoms with E-state index >= 15 is 0 Å². The van der Waals surface area contributed by atoms with Crippen molar-refractivity contribution in [2.75, 3.05) is 13.1 Å². The normalized spacial score (nSPS) is 10.8. The van der Waals surface area contributed by atoms with Gasteiger partial charge in [0.25, 0.3) is 0 Å². The summed E-state index contributed by atoms with van der Waals surface area (Å²) in [6.45, 7) is 5.52. The number of benzene rings is 2. The summed E-state index contributed by atoms with van der Waals surface area (Å²) in [5, 5.41) is 0. The fraction of sp³-hybridized carbons (Fsp3) is 0.273. The number of carbonyl (C=O) groups excluding carboxylic acids is 2. The van der Waals surface area contributed by atoms with Gasteiger partial charge in [-0.05, 0) is 30.0 Å². The van der Waals surface area contributed by atoms with Crippen LogP contribution in [0.3, 0.4) is 0 Å². The Kier molecular flexibility index (Phi) is 7.15. The number of nitrogens with zero attached hydrogens (tertiary/aromatic N) is 1. The van der Waals surface area contributed by atoms with Gasteiger partial charge in [0.1, 0.15) is 0 Å². The summed E-state index contributed by atoms with van der Waals surface area (Å²) < 4.78 is 0. The molecular weight excluding hydrogens is 310 g/mol. The van der Waals surface area contributed by atoms with Crippen LogP contribution in [-0.4, -0.2) is 29.7 Å². The standard InChI is InChI=1S/C22H25NO2/c1-3-16-23(17-4-2)22(25)15-14-21(24)20-12-10-19(11-13-20)18-8-6-5-7-9-18/h5-15H,3-4,16-17H2,1-2H3/b15-14+. The zero-order chi connectivity index (χ0) is 18.1. The summed E-state index contributed by atoms with van der Waals surface area (Å²) >= 11 is 0. The monoisotopic (exact) mass is 335 g/mol. The van der Waals surface area contributed by atoms with Gasteiger partial charge in [-0.1, -0.05) is 68.4 Å². The average molecular weight is 335 g/mol. The van der Waals surface area contributed by atoms with Gasteiger partial charge in [0.2, 0.25) is 5.91 Å². The first-order valence-electron chi connectivity index (χ1n) is 8.82. The lowest BCUT2D eigenvalue weighted by atomic mass is 10.0. The van der Waals surface area contributed by atoms with Crippen molar-refractivity contribution in [3.8, 4) is 11.1 Å². The van der Waals surface area contributed by atoms with E-state index in [1.807, 2.05) is 56.3 Å². The van der Waals surface area contributed by atoms with Crippen LogP contribution >= 0.6 is 0 Å². The molecule has 0 aliphatic carbocycles. The predicted octanol–water partition coefficient (Wildman–Crippen LogP) is 4.74. The molecule has 0 fully saturated rings. The van der Waals surface area contributed by atoms with Crippen LogP contribution in [0.1, 0.15) is 37.0 Å².